The molecule has 2 saturated heterocycles. The van der Waals surface area contributed by atoms with Crippen LogP contribution in [0.1, 0.15) is 33.8 Å². The highest BCUT2D eigenvalue weighted by Gasteiger charge is 2.43. The Morgan fingerprint density at radius 3 is 2.77 bits per heavy atom. The predicted octanol–water partition coefficient (Wildman–Crippen LogP) is 1.84. The van der Waals surface area contributed by atoms with E-state index in [0.29, 0.717) is 26.1 Å². The summed E-state index contributed by atoms with van der Waals surface area (Å²) in [6.45, 7) is 6.26. The number of hydrogen-bond acceptors (Lipinski definition) is 5. The van der Waals surface area contributed by atoms with E-state index in [4.69, 9.17) is 4.74 Å². The number of likely N-dealkylation sites (N-methyl/N-ethyl adjacent to an activating group) is 1. The normalized spacial score (nSPS) is 25.0. The van der Waals surface area contributed by atoms with Gasteiger partial charge < -0.3 is 14.5 Å². The Morgan fingerprint density at radius 2 is 2.08 bits per heavy atom. The summed E-state index contributed by atoms with van der Waals surface area (Å²) >= 11 is 1.56. The molecular formula is C19H29N3O3S. The fourth-order valence-electron chi connectivity index (χ4n) is 4.01. The zero-order valence-electron chi connectivity index (χ0n) is 16.0. The number of nitrogens with zero attached hydrogens (tertiary/aromatic N) is 3. The molecule has 3 rings (SSSR count). The fraction of sp³-hybridized carbons (Fsp3) is 0.684. The van der Waals surface area contributed by atoms with Gasteiger partial charge in [-0.1, -0.05) is 0 Å². The van der Waals surface area contributed by atoms with Crippen LogP contribution in [-0.2, 0) is 9.53 Å². The monoisotopic (exact) mass is 379 g/mol. The second-order valence-electron chi connectivity index (χ2n) is 7.41. The molecule has 0 radical (unpaired) electrons. The van der Waals surface area contributed by atoms with E-state index in [0.717, 1.165) is 42.2 Å². The average molecular weight is 380 g/mol. The molecule has 0 N–H and O–H groups in total. The van der Waals surface area contributed by atoms with E-state index in [1.807, 2.05) is 28.9 Å². The van der Waals surface area contributed by atoms with Crippen LogP contribution in [0, 0.1) is 6.92 Å². The summed E-state index contributed by atoms with van der Waals surface area (Å²) in [6, 6.07) is 3.93. The van der Waals surface area contributed by atoms with Gasteiger partial charge >= 0.3 is 0 Å². The summed E-state index contributed by atoms with van der Waals surface area (Å²) in [4.78, 5) is 33.6. The first kappa shape index (κ1) is 19.3. The molecule has 0 unspecified atom stereocenters. The van der Waals surface area contributed by atoms with Crippen molar-refractivity contribution in [2.75, 3.05) is 53.5 Å². The minimum absolute atomic E-state index is 0.113. The molecule has 1 aromatic rings. The van der Waals surface area contributed by atoms with Crippen LogP contribution in [0.2, 0.25) is 0 Å². The fourth-order valence-corrected chi connectivity index (χ4v) is 4.85. The number of likely N-dealkylation sites (tertiary alicyclic amines) is 1. The Labute approximate surface area is 159 Å². The third kappa shape index (κ3) is 3.94. The standard InChI is InChI=1S/C19H29N3O3S/c1-15-4-5-16(26-15)18(24)22-11-10-20(2)19(14-22)7-6-17(23)21(9-8-19)12-13-25-3/h4-5H,6-14H2,1-3H3/t19-/m0/s1. The summed E-state index contributed by atoms with van der Waals surface area (Å²) < 4.78 is 5.14. The second-order valence-corrected chi connectivity index (χ2v) is 8.69. The van der Waals surface area contributed by atoms with E-state index in [1.165, 1.54) is 0 Å². The third-order valence-electron chi connectivity index (χ3n) is 5.81. The number of amides is 2. The molecule has 6 nitrogen and oxygen atoms in total. The zero-order chi connectivity index (χ0) is 18.7. The van der Waals surface area contributed by atoms with Crippen LogP contribution in [0.15, 0.2) is 12.1 Å². The lowest BCUT2D eigenvalue weighted by Gasteiger charge is -2.49. The predicted molar refractivity (Wildman–Crippen MR) is 103 cm³/mol. The molecule has 2 aliphatic heterocycles. The van der Waals surface area contributed by atoms with Crippen molar-refractivity contribution in [3.63, 3.8) is 0 Å². The number of methoxy groups -OCH3 is 1. The molecule has 3 heterocycles. The van der Waals surface area contributed by atoms with E-state index in [-0.39, 0.29) is 17.4 Å². The molecule has 0 saturated carbocycles. The Kier molecular flexibility index (Phi) is 5.99. The van der Waals surface area contributed by atoms with Crippen LogP contribution < -0.4 is 0 Å². The van der Waals surface area contributed by atoms with Crippen molar-refractivity contribution in [2.45, 2.75) is 31.7 Å². The number of rotatable bonds is 4. The summed E-state index contributed by atoms with van der Waals surface area (Å²) in [5.74, 6) is 0.326. The van der Waals surface area contributed by atoms with Crippen molar-refractivity contribution in [3.8, 4) is 0 Å². The number of ether oxygens (including phenoxy) is 1. The molecule has 1 spiro atoms. The Morgan fingerprint density at radius 1 is 1.27 bits per heavy atom. The molecule has 144 valence electrons. The van der Waals surface area contributed by atoms with Gasteiger partial charge in [-0.25, -0.2) is 0 Å². The zero-order valence-corrected chi connectivity index (χ0v) is 16.8. The number of aryl methyl sites for hydroxylation is 1. The van der Waals surface area contributed by atoms with Gasteiger partial charge in [-0.15, -0.1) is 11.3 Å². The molecule has 0 aliphatic carbocycles. The van der Waals surface area contributed by atoms with Crippen molar-refractivity contribution in [1.29, 1.82) is 0 Å². The number of hydrogen-bond donors (Lipinski definition) is 0. The lowest BCUT2D eigenvalue weighted by molar-refractivity contribution is -0.131. The quantitative estimate of drug-likeness (QED) is 0.801. The number of carbonyl (C=O) groups excluding carboxylic acids is 2. The maximum absolute atomic E-state index is 12.9. The second kappa shape index (κ2) is 8.06. The van der Waals surface area contributed by atoms with Gasteiger partial charge in [0.05, 0.1) is 11.5 Å². The summed E-state index contributed by atoms with van der Waals surface area (Å²) in [5, 5.41) is 0. The van der Waals surface area contributed by atoms with Crippen LogP contribution >= 0.6 is 11.3 Å². The maximum atomic E-state index is 12.9. The number of carbonyl (C=O) groups is 2. The van der Waals surface area contributed by atoms with Crippen molar-refractivity contribution in [1.82, 2.24) is 14.7 Å². The van der Waals surface area contributed by atoms with Crippen LogP contribution in [0.3, 0.4) is 0 Å². The van der Waals surface area contributed by atoms with E-state index in [9.17, 15) is 9.59 Å². The smallest absolute Gasteiger partial charge is 0.264 e. The molecule has 2 fully saturated rings. The SMILES string of the molecule is COCCN1CC[C@@]2(CCC1=O)CN(C(=O)c1ccc(C)s1)CCN2C. The van der Waals surface area contributed by atoms with Gasteiger partial charge in [-0.05, 0) is 38.9 Å². The van der Waals surface area contributed by atoms with Gasteiger partial charge in [0.15, 0.2) is 0 Å². The van der Waals surface area contributed by atoms with E-state index in [1.54, 1.807) is 18.4 Å². The molecule has 0 aromatic carbocycles. The molecule has 7 heteroatoms. The minimum atomic E-state index is -0.113. The highest BCUT2D eigenvalue weighted by Crippen LogP contribution is 2.33. The van der Waals surface area contributed by atoms with Gasteiger partial charge in [-0.2, -0.15) is 0 Å². The summed E-state index contributed by atoms with van der Waals surface area (Å²) in [7, 11) is 3.79. The minimum Gasteiger partial charge on any atom is -0.383 e. The topological polar surface area (TPSA) is 53.1 Å². The molecule has 2 amide bonds. The molecule has 0 bridgehead atoms. The highest BCUT2D eigenvalue weighted by atomic mass is 32.1. The van der Waals surface area contributed by atoms with Gasteiger partial charge in [0.1, 0.15) is 0 Å². The molecule has 1 atom stereocenters. The first-order valence-electron chi connectivity index (χ1n) is 9.29. The summed E-state index contributed by atoms with van der Waals surface area (Å²) in [6.07, 6.45) is 2.24. The molecule has 26 heavy (non-hydrogen) atoms. The first-order valence-corrected chi connectivity index (χ1v) is 10.1. The highest BCUT2D eigenvalue weighted by molar-refractivity contribution is 7.13. The van der Waals surface area contributed by atoms with Crippen molar-refractivity contribution in [3.05, 3.63) is 21.9 Å². The third-order valence-corrected chi connectivity index (χ3v) is 6.80. The molecular weight excluding hydrogens is 350 g/mol. The number of thiophene rings is 1. The van der Waals surface area contributed by atoms with E-state index >= 15 is 0 Å². The van der Waals surface area contributed by atoms with Gasteiger partial charge in [-0.3, -0.25) is 14.5 Å². The van der Waals surface area contributed by atoms with Gasteiger partial charge in [0, 0.05) is 56.7 Å². The Balaban J connectivity index is 1.73. The van der Waals surface area contributed by atoms with Crippen molar-refractivity contribution >= 4 is 23.2 Å². The largest absolute Gasteiger partial charge is 0.383 e. The van der Waals surface area contributed by atoms with Gasteiger partial charge in [0.25, 0.3) is 5.91 Å². The Hall–Kier alpha value is -1.44. The lowest BCUT2D eigenvalue weighted by atomic mass is 9.86. The van der Waals surface area contributed by atoms with Crippen molar-refractivity contribution in [2.24, 2.45) is 0 Å². The van der Waals surface area contributed by atoms with E-state index in [2.05, 4.69) is 11.9 Å². The first-order chi connectivity index (χ1) is 12.4. The van der Waals surface area contributed by atoms with Crippen LogP contribution in [0.5, 0.6) is 0 Å². The summed E-state index contributed by atoms with van der Waals surface area (Å²) in [5.41, 5.74) is -0.113. The van der Waals surface area contributed by atoms with Crippen LogP contribution in [0.25, 0.3) is 0 Å². The lowest BCUT2D eigenvalue weighted by Crippen LogP contribution is -2.62. The average Bonchev–Trinajstić information content (AvgIpc) is 3.00. The van der Waals surface area contributed by atoms with Crippen molar-refractivity contribution < 1.29 is 14.3 Å². The van der Waals surface area contributed by atoms with Crippen LogP contribution in [0.4, 0.5) is 0 Å². The van der Waals surface area contributed by atoms with Gasteiger partial charge in [0.2, 0.25) is 5.91 Å². The van der Waals surface area contributed by atoms with Crippen LogP contribution in [-0.4, -0.2) is 85.5 Å². The Bertz CT molecular complexity index is 662. The molecule has 1 aromatic heterocycles. The molecule has 2 aliphatic rings. The maximum Gasteiger partial charge on any atom is 0.264 e. The van der Waals surface area contributed by atoms with E-state index < -0.39 is 0 Å². The number of piperazine rings is 1.